The molecule has 0 aromatic carbocycles. The van der Waals surface area contributed by atoms with Gasteiger partial charge in [0, 0.05) is 18.1 Å². The van der Waals surface area contributed by atoms with E-state index in [0.29, 0.717) is 6.04 Å². The van der Waals surface area contributed by atoms with Crippen LogP contribution in [0.2, 0.25) is 0 Å². The molecule has 82 valence electrons. The monoisotopic (exact) mass is 196 g/mol. The average Bonchev–Trinajstić information content (AvgIpc) is 2.83. The van der Waals surface area contributed by atoms with Crippen molar-refractivity contribution < 1.29 is 0 Å². The minimum absolute atomic E-state index is 0.652. The molecule has 1 saturated heterocycles. The normalized spacial score (nSPS) is 39.0. The van der Waals surface area contributed by atoms with E-state index in [0.717, 1.165) is 18.0 Å². The van der Waals surface area contributed by atoms with Crippen molar-refractivity contribution in [1.29, 1.82) is 0 Å². The summed E-state index contributed by atoms with van der Waals surface area (Å²) in [5, 5.41) is 3.66. The van der Waals surface area contributed by atoms with E-state index in [4.69, 9.17) is 0 Å². The average molecular weight is 196 g/mol. The van der Waals surface area contributed by atoms with Gasteiger partial charge in [-0.2, -0.15) is 0 Å². The summed E-state index contributed by atoms with van der Waals surface area (Å²) >= 11 is 0. The molecular weight excluding hydrogens is 172 g/mol. The van der Waals surface area contributed by atoms with E-state index in [1.807, 2.05) is 0 Å². The number of likely N-dealkylation sites (tertiary alicyclic amines) is 1. The summed E-state index contributed by atoms with van der Waals surface area (Å²) in [4.78, 5) is 2.58. The molecule has 0 radical (unpaired) electrons. The Morgan fingerprint density at radius 3 is 2.71 bits per heavy atom. The summed E-state index contributed by atoms with van der Waals surface area (Å²) in [5.74, 6) is 0.947. The fourth-order valence-corrected chi connectivity index (χ4v) is 2.90. The molecule has 2 nitrogen and oxygen atoms in total. The van der Waals surface area contributed by atoms with Crippen molar-refractivity contribution in [3.8, 4) is 0 Å². The lowest BCUT2D eigenvalue weighted by Crippen LogP contribution is -2.40. The second kappa shape index (κ2) is 4.19. The van der Waals surface area contributed by atoms with Gasteiger partial charge in [-0.15, -0.1) is 0 Å². The maximum absolute atomic E-state index is 3.66. The lowest BCUT2D eigenvalue weighted by molar-refractivity contribution is 0.161. The standard InChI is InChI=1S/C12H24N2/c1-9(2)13-11-8-10(11)12-6-4-5-7-14(12)3/h9-13H,4-8H2,1-3H3. The van der Waals surface area contributed by atoms with Crippen LogP contribution in [0.4, 0.5) is 0 Å². The molecule has 0 bridgehead atoms. The molecule has 2 heteroatoms. The topological polar surface area (TPSA) is 15.3 Å². The summed E-state index contributed by atoms with van der Waals surface area (Å²) in [6.45, 7) is 5.81. The molecule has 1 N–H and O–H groups in total. The van der Waals surface area contributed by atoms with E-state index < -0.39 is 0 Å². The molecule has 3 atom stereocenters. The molecule has 1 aliphatic heterocycles. The van der Waals surface area contributed by atoms with Crippen LogP contribution in [-0.4, -0.2) is 36.6 Å². The van der Waals surface area contributed by atoms with E-state index in [1.165, 1.54) is 32.2 Å². The molecule has 14 heavy (non-hydrogen) atoms. The Hall–Kier alpha value is -0.0800. The molecule has 3 unspecified atom stereocenters. The molecule has 0 aromatic rings. The Balaban J connectivity index is 1.79. The Morgan fingerprint density at radius 2 is 2.07 bits per heavy atom. The third-order valence-corrected chi connectivity index (χ3v) is 3.71. The predicted octanol–water partition coefficient (Wildman–Crippen LogP) is 1.86. The van der Waals surface area contributed by atoms with Crippen molar-refractivity contribution >= 4 is 0 Å². The first kappa shape index (κ1) is 10.4. The summed E-state index contributed by atoms with van der Waals surface area (Å²) in [7, 11) is 2.30. The van der Waals surface area contributed by atoms with Crippen LogP contribution in [-0.2, 0) is 0 Å². The minimum Gasteiger partial charge on any atom is -0.311 e. The van der Waals surface area contributed by atoms with Crippen LogP contribution >= 0.6 is 0 Å². The van der Waals surface area contributed by atoms with E-state index in [2.05, 4.69) is 31.1 Å². The number of hydrogen-bond donors (Lipinski definition) is 1. The number of piperidine rings is 1. The molecule has 2 rings (SSSR count). The van der Waals surface area contributed by atoms with Crippen molar-refractivity contribution in [1.82, 2.24) is 10.2 Å². The van der Waals surface area contributed by atoms with Gasteiger partial charge in [0.15, 0.2) is 0 Å². The Morgan fingerprint density at radius 1 is 1.29 bits per heavy atom. The van der Waals surface area contributed by atoms with E-state index in [9.17, 15) is 0 Å². The van der Waals surface area contributed by atoms with Gasteiger partial charge in [-0.3, -0.25) is 0 Å². The minimum atomic E-state index is 0.652. The molecule has 1 heterocycles. The molecule has 0 spiro atoms. The summed E-state index contributed by atoms with van der Waals surface area (Å²) < 4.78 is 0. The highest BCUT2D eigenvalue weighted by Crippen LogP contribution is 2.39. The van der Waals surface area contributed by atoms with Crippen LogP contribution in [0.15, 0.2) is 0 Å². The third kappa shape index (κ3) is 2.29. The smallest absolute Gasteiger partial charge is 0.0136 e. The van der Waals surface area contributed by atoms with Crippen LogP contribution in [0.5, 0.6) is 0 Å². The SMILES string of the molecule is CC(C)NC1CC1C1CCCCN1C. The molecular formula is C12H24N2. The molecule has 2 fully saturated rings. The summed E-state index contributed by atoms with van der Waals surface area (Å²) in [6.07, 6.45) is 5.69. The van der Waals surface area contributed by atoms with Gasteiger partial charge in [-0.05, 0) is 38.8 Å². The van der Waals surface area contributed by atoms with Crippen LogP contribution in [0.1, 0.15) is 39.5 Å². The van der Waals surface area contributed by atoms with Gasteiger partial charge >= 0.3 is 0 Å². The Labute approximate surface area is 88.1 Å². The van der Waals surface area contributed by atoms with E-state index in [1.54, 1.807) is 0 Å². The first-order valence-corrected chi connectivity index (χ1v) is 6.15. The van der Waals surface area contributed by atoms with Crippen molar-refractivity contribution in [2.75, 3.05) is 13.6 Å². The largest absolute Gasteiger partial charge is 0.311 e. The van der Waals surface area contributed by atoms with Gasteiger partial charge in [-0.25, -0.2) is 0 Å². The van der Waals surface area contributed by atoms with Crippen LogP contribution < -0.4 is 5.32 Å². The Kier molecular flexibility index (Phi) is 3.13. The number of rotatable bonds is 3. The zero-order chi connectivity index (χ0) is 10.1. The van der Waals surface area contributed by atoms with Crippen molar-refractivity contribution in [3.05, 3.63) is 0 Å². The predicted molar refractivity (Wildman–Crippen MR) is 60.4 cm³/mol. The quantitative estimate of drug-likeness (QED) is 0.741. The summed E-state index contributed by atoms with van der Waals surface area (Å²) in [5.41, 5.74) is 0. The van der Waals surface area contributed by atoms with Crippen molar-refractivity contribution in [3.63, 3.8) is 0 Å². The van der Waals surface area contributed by atoms with Crippen molar-refractivity contribution in [2.24, 2.45) is 5.92 Å². The maximum atomic E-state index is 3.66. The molecule has 1 saturated carbocycles. The summed E-state index contributed by atoms with van der Waals surface area (Å²) in [6, 6.07) is 2.35. The fourth-order valence-electron chi connectivity index (χ4n) is 2.90. The van der Waals surface area contributed by atoms with Crippen molar-refractivity contribution in [2.45, 2.75) is 57.7 Å². The number of hydrogen-bond acceptors (Lipinski definition) is 2. The maximum Gasteiger partial charge on any atom is 0.0136 e. The second-order valence-corrected chi connectivity index (χ2v) is 5.37. The van der Waals surface area contributed by atoms with E-state index >= 15 is 0 Å². The van der Waals surface area contributed by atoms with Gasteiger partial charge in [-0.1, -0.05) is 20.3 Å². The first-order valence-electron chi connectivity index (χ1n) is 6.15. The van der Waals surface area contributed by atoms with Gasteiger partial charge in [0.25, 0.3) is 0 Å². The van der Waals surface area contributed by atoms with Crippen LogP contribution in [0.3, 0.4) is 0 Å². The molecule has 0 aromatic heterocycles. The van der Waals surface area contributed by atoms with Gasteiger partial charge in [0.1, 0.15) is 0 Å². The highest BCUT2D eigenvalue weighted by atomic mass is 15.2. The van der Waals surface area contributed by atoms with E-state index in [-0.39, 0.29) is 0 Å². The lowest BCUT2D eigenvalue weighted by atomic mass is 9.98. The van der Waals surface area contributed by atoms with Crippen LogP contribution in [0, 0.1) is 5.92 Å². The number of nitrogens with one attached hydrogen (secondary N) is 1. The Bertz CT molecular complexity index is 191. The van der Waals surface area contributed by atoms with Gasteiger partial charge in [0.2, 0.25) is 0 Å². The first-order chi connectivity index (χ1) is 6.68. The zero-order valence-electron chi connectivity index (χ0n) is 9.79. The molecule has 2 aliphatic rings. The highest BCUT2D eigenvalue weighted by molar-refractivity contribution is 5.01. The molecule has 0 amide bonds. The van der Waals surface area contributed by atoms with Gasteiger partial charge < -0.3 is 10.2 Å². The lowest BCUT2D eigenvalue weighted by Gasteiger charge is -2.33. The fraction of sp³-hybridized carbons (Fsp3) is 1.00. The third-order valence-electron chi connectivity index (χ3n) is 3.71. The zero-order valence-corrected chi connectivity index (χ0v) is 9.79. The van der Waals surface area contributed by atoms with Gasteiger partial charge in [0.05, 0.1) is 0 Å². The van der Waals surface area contributed by atoms with Crippen LogP contribution in [0.25, 0.3) is 0 Å². The highest BCUT2D eigenvalue weighted by Gasteiger charge is 2.44. The second-order valence-electron chi connectivity index (χ2n) is 5.37. The molecule has 1 aliphatic carbocycles. The number of nitrogens with zero attached hydrogens (tertiary/aromatic N) is 1.